The van der Waals surface area contributed by atoms with Crippen LogP contribution in [0.4, 0.5) is 0 Å². The number of carbonyl (C=O) groups is 1. The van der Waals surface area contributed by atoms with E-state index in [0.717, 1.165) is 5.56 Å². The first-order valence-corrected chi connectivity index (χ1v) is 10.9. The van der Waals surface area contributed by atoms with Crippen molar-refractivity contribution in [3.63, 3.8) is 0 Å². The number of H-pyrrole nitrogens is 2. The summed E-state index contributed by atoms with van der Waals surface area (Å²) in [5, 5.41) is 0. The molecule has 0 fully saturated rings. The zero-order valence-corrected chi connectivity index (χ0v) is 18.8. The number of aryl methyl sites for hydroxylation is 1. The quantitative estimate of drug-likeness (QED) is 0.156. The van der Waals surface area contributed by atoms with Gasteiger partial charge in [-0.05, 0) is 43.6 Å². The van der Waals surface area contributed by atoms with Gasteiger partial charge in [-0.1, -0.05) is 48.0 Å². The lowest BCUT2D eigenvalue weighted by Crippen LogP contribution is -2.40. The van der Waals surface area contributed by atoms with Crippen molar-refractivity contribution in [1.29, 1.82) is 0 Å². The molecule has 2 rings (SSSR count). The van der Waals surface area contributed by atoms with Crippen LogP contribution in [-0.2, 0) is 0 Å². The van der Waals surface area contributed by atoms with Crippen LogP contribution in [0, 0.1) is 13.8 Å². The minimum Gasteiger partial charge on any atom is -0.316 e. The number of thiocarbonyl (C=S) groups is 2. The fraction of sp³-hybridized carbons (Fsp3) is 0.267. The Hall–Kier alpha value is -1.93. The van der Waals surface area contributed by atoms with Gasteiger partial charge in [0.25, 0.3) is 5.91 Å². The van der Waals surface area contributed by atoms with Crippen LogP contribution < -0.4 is 33.2 Å². The van der Waals surface area contributed by atoms with Crippen molar-refractivity contribution in [2.24, 2.45) is 5.84 Å². The number of amides is 1. The third kappa shape index (κ3) is 6.31. The van der Waals surface area contributed by atoms with E-state index in [4.69, 9.17) is 18.1 Å². The van der Waals surface area contributed by atoms with E-state index in [0.29, 0.717) is 19.7 Å². The molecule has 0 aliphatic rings. The van der Waals surface area contributed by atoms with E-state index < -0.39 is 17.0 Å². The number of nitrogens with two attached hydrogens (primary N) is 1. The molecule has 0 spiro atoms. The lowest BCUT2D eigenvalue weighted by atomic mass is 10.0. The standard InChI is InChI=1S/C13H14N4O3S2.C2H6N2S2/c1-5-4-7-9(15-12(20)11(19)14-7)8(6(5)2)10(18)16-17-13(21)22-3;1-6-2(5)4-3/h4H,1-3H3,(H,14,19)(H,15,20)(H,16,18)(H,17,21);3H2,1H3,(H,4,5). The topological polar surface area (TPSA) is 145 Å². The van der Waals surface area contributed by atoms with Gasteiger partial charge in [0.1, 0.15) is 4.32 Å². The summed E-state index contributed by atoms with van der Waals surface area (Å²) in [6, 6.07) is 1.71. The smallest absolute Gasteiger partial charge is 0.314 e. The van der Waals surface area contributed by atoms with Gasteiger partial charge in [-0.2, -0.15) is 0 Å². The van der Waals surface area contributed by atoms with Gasteiger partial charge >= 0.3 is 11.1 Å². The minimum absolute atomic E-state index is 0.278. The van der Waals surface area contributed by atoms with E-state index in [1.165, 1.54) is 23.5 Å². The first-order valence-electron chi connectivity index (χ1n) is 7.61. The number of thioether (sulfide) groups is 2. The summed E-state index contributed by atoms with van der Waals surface area (Å²) in [5.74, 6) is 4.42. The Labute approximate surface area is 179 Å². The highest BCUT2D eigenvalue weighted by molar-refractivity contribution is 8.22. The number of hydrogen-bond donors (Lipinski definition) is 6. The monoisotopic (exact) mass is 460 g/mol. The molecule has 0 unspecified atom stereocenters. The van der Waals surface area contributed by atoms with Gasteiger partial charge in [0.05, 0.1) is 16.6 Å². The SMILES string of the molecule is CSC(=S)NN.CSC(=S)NNC(=O)c1c(C)c(C)cc2[nH]c(=O)c(=O)[nH]c12. The number of aromatic amines is 2. The van der Waals surface area contributed by atoms with Crippen LogP contribution in [0.15, 0.2) is 15.7 Å². The van der Waals surface area contributed by atoms with Gasteiger partial charge in [-0.3, -0.25) is 25.2 Å². The Morgan fingerprint density at radius 1 is 1.04 bits per heavy atom. The highest BCUT2D eigenvalue weighted by Gasteiger charge is 2.17. The molecule has 0 aliphatic heterocycles. The van der Waals surface area contributed by atoms with Crippen molar-refractivity contribution in [3.05, 3.63) is 43.5 Å². The summed E-state index contributed by atoms with van der Waals surface area (Å²) in [4.78, 5) is 40.3. The van der Waals surface area contributed by atoms with Gasteiger partial charge < -0.3 is 15.4 Å². The Kier molecular flexibility index (Phi) is 9.61. The molecule has 152 valence electrons. The molecule has 1 heterocycles. The fourth-order valence-corrected chi connectivity index (χ4v) is 2.38. The first kappa shape index (κ1) is 24.1. The van der Waals surface area contributed by atoms with Crippen LogP contribution in [0.1, 0.15) is 21.5 Å². The molecule has 1 aromatic heterocycles. The van der Waals surface area contributed by atoms with Gasteiger partial charge in [-0.15, -0.1) is 0 Å². The maximum Gasteiger partial charge on any atom is 0.314 e. The third-order valence-corrected chi connectivity index (χ3v) is 5.71. The molecule has 9 nitrogen and oxygen atoms in total. The van der Waals surface area contributed by atoms with Crippen molar-refractivity contribution >= 4 is 73.5 Å². The van der Waals surface area contributed by atoms with E-state index >= 15 is 0 Å². The molecule has 0 saturated heterocycles. The second kappa shape index (κ2) is 11.2. The number of fused-ring (bicyclic) bond motifs is 1. The van der Waals surface area contributed by atoms with Crippen molar-refractivity contribution in [2.75, 3.05) is 12.5 Å². The lowest BCUT2D eigenvalue weighted by Gasteiger charge is -2.13. The van der Waals surface area contributed by atoms with Crippen molar-refractivity contribution in [2.45, 2.75) is 13.8 Å². The number of nitrogens with one attached hydrogen (secondary N) is 5. The average molecular weight is 461 g/mol. The van der Waals surface area contributed by atoms with Crippen LogP contribution in [0.5, 0.6) is 0 Å². The molecule has 13 heteroatoms. The summed E-state index contributed by atoms with van der Waals surface area (Å²) < 4.78 is 1.03. The molecule has 0 radical (unpaired) electrons. The predicted molar refractivity (Wildman–Crippen MR) is 125 cm³/mol. The molecule has 28 heavy (non-hydrogen) atoms. The second-order valence-electron chi connectivity index (χ2n) is 5.23. The highest BCUT2D eigenvalue weighted by Crippen LogP contribution is 2.21. The van der Waals surface area contributed by atoms with Crippen molar-refractivity contribution in [3.8, 4) is 0 Å². The van der Waals surface area contributed by atoms with Crippen LogP contribution >= 0.6 is 48.0 Å². The van der Waals surface area contributed by atoms with E-state index in [1.807, 2.05) is 13.2 Å². The number of aromatic nitrogens is 2. The maximum absolute atomic E-state index is 12.4. The summed E-state index contributed by atoms with van der Waals surface area (Å²) in [6.07, 6.45) is 3.64. The largest absolute Gasteiger partial charge is 0.316 e. The second-order valence-corrected chi connectivity index (χ2v) is 8.20. The number of hydrazine groups is 2. The molecule has 1 amide bonds. The van der Waals surface area contributed by atoms with Gasteiger partial charge in [0.15, 0.2) is 4.32 Å². The van der Waals surface area contributed by atoms with E-state index in [1.54, 1.807) is 19.2 Å². The van der Waals surface area contributed by atoms with Crippen LogP contribution in [0.3, 0.4) is 0 Å². The van der Waals surface area contributed by atoms with Crippen LogP contribution in [-0.4, -0.2) is 37.0 Å². The summed E-state index contributed by atoms with van der Waals surface area (Å²) in [6.45, 7) is 3.58. The Morgan fingerprint density at radius 3 is 2.11 bits per heavy atom. The number of rotatable bonds is 1. The number of benzene rings is 1. The summed E-state index contributed by atoms with van der Waals surface area (Å²) in [5.41, 5.74) is 8.28. The average Bonchev–Trinajstić information content (AvgIpc) is 2.68. The Balaban J connectivity index is 0.000000568. The van der Waals surface area contributed by atoms with Crippen LogP contribution in [0.2, 0.25) is 0 Å². The Morgan fingerprint density at radius 2 is 1.61 bits per heavy atom. The van der Waals surface area contributed by atoms with Gasteiger partial charge in [0, 0.05) is 0 Å². The zero-order valence-electron chi connectivity index (χ0n) is 15.5. The normalized spacial score (nSPS) is 9.89. The molecule has 0 atom stereocenters. The Bertz CT molecular complexity index is 1010. The molecular weight excluding hydrogens is 440 g/mol. The fourth-order valence-electron chi connectivity index (χ4n) is 2.06. The molecular formula is C15H20N6O3S4. The summed E-state index contributed by atoms with van der Waals surface area (Å²) >= 11 is 12.2. The highest BCUT2D eigenvalue weighted by atomic mass is 32.2. The van der Waals surface area contributed by atoms with Crippen molar-refractivity contribution in [1.82, 2.24) is 26.2 Å². The van der Waals surface area contributed by atoms with Crippen LogP contribution in [0.25, 0.3) is 11.0 Å². The number of hydrogen-bond acceptors (Lipinski definition) is 8. The third-order valence-electron chi connectivity index (χ3n) is 3.53. The van der Waals surface area contributed by atoms with E-state index in [2.05, 4.69) is 38.5 Å². The van der Waals surface area contributed by atoms with Gasteiger partial charge in [-0.25, -0.2) is 5.84 Å². The maximum atomic E-state index is 12.4. The molecule has 0 saturated carbocycles. The molecule has 0 aliphatic carbocycles. The molecule has 7 N–H and O–H groups in total. The van der Waals surface area contributed by atoms with Crippen molar-refractivity contribution < 1.29 is 4.79 Å². The first-order chi connectivity index (χ1) is 13.2. The van der Waals surface area contributed by atoms with E-state index in [-0.39, 0.29) is 11.1 Å². The minimum atomic E-state index is -0.808. The van der Waals surface area contributed by atoms with Gasteiger partial charge in [0.2, 0.25) is 0 Å². The molecule has 2 aromatic rings. The number of carbonyl (C=O) groups excluding carboxylic acids is 1. The molecule has 0 bridgehead atoms. The zero-order chi connectivity index (χ0) is 21.4. The summed E-state index contributed by atoms with van der Waals surface area (Å²) in [7, 11) is 0. The lowest BCUT2D eigenvalue weighted by molar-refractivity contribution is 0.0945. The predicted octanol–water partition coefficient (Wildman–Crippen LogP) is 0.813. The van der Waals surface area contributed by atoms with E-state index in [9.17, 15) is 14.4 Å². The molecule has 1 aromatic carbocycles.